The van der Waals surface area contributed by atoms with Gasteiger partial charge in [-0.15, -0.1) is 0 Å². The minimum Gasteiger partial charge on any atom is -0.314 e. The van der Waals surface area contributed by atoms with Crippen LogP contribution in [0.3, 0.4) is 0 Å². The molecule has 3 heteroatoms. The van der Waals surface area contributed by atoms with E-state index in [1.807, 2.05) is 12.3 Å². The third-order valence-corrected chi connectivity index (χ3v) is 4.81. The van der Waals surface area contributed by atoms with Crippen molar-refractivity contribution in [3.63, 3.8) is 0 Å². The van der Waals surface area contributed by atoms with Crippen molar-refractivity contribution in [2.24, 2.45) is 5.92 Å². The van der Waals surface area contributed by atoms with Crippen LogP contribution in [0, 0.1) is 5.92 Å². The predicted molar refractivity (Wildman–Crippen MR) is 81.5 cm³/mol. The van der Waals surface area contributed by atoms with Crippen LogP contribution >= 0.6 is 0 Å². The number of pyridine rings is 1. The van der Waals surface area contributed by atoms with Crippen LogP contribution in [0.1, 0.15) is 18.4 Å². The van der Waals surface area contributed by atoms with Gasteiger partial charge in [0.15, 0.2) is 0 Å². The molecule has 1 aromatic carbocycles. The van der Waals surface area contributed by atoms with E-state index in [9.17, 15) is 0 Å². The molecule has 0 aliphatic carbocycles. The van der Waals surface area contributed by atoms with Gasteiger partial charge in [0.2, 0.25) is 0 Å². The lowest BCUT2D eigenvalue weighted by atomic mass is 9.93. The zero-order valence-corrected chi connectivity index (χ0v) is 11.8. The number of hydrogen-bond donors (Lipinski definition) is 1. The lowest BCUT2D eigenvalue weighted by Gasteiger charge is -2.34. The van der Waals surface area contributed by atoms with Gasteiger partial charge in [0.25, 0.3) is 0 Å². The SMILES string of the molecule is c1cnc2ccc(CN3CCC4NCCC4C3)cc2c1. The maximum atomic E-state index is 4.39. The maximum Gasteiger partial charge on any atom is 0.0702 e. The van der Waals surface area contributed by atoms with Crippen LogP contribution in [0.15, 0.2) is 36.5 Å². The molecule has 2 saturated heterocycles. The molecule has 4 rings (SSSR count). The first kappa shape index (κ1) is 12.3. The third kappa shape index (κ3) is 2.32. The van der Waals surface area contributed by atoms with Crippen LogP contribution in [0.4, 0.5) is 0 Å². The first-order chi connectivity index (χ1) is 9.88. The lowest BCUT2D eigenvalue weighted by Crippen LogP contribution is -2.43. The molecule has 0 radical (unpaired) electrons. The molecule has 1 aromatic heterocycles. The van der Waals surface area contributed by atoms with E-state index in [1.54, 1.807) is 0 Å². The molecule has 104 valence electrons. The molecule has 0 spiro atoms. The Labute approximate surface area is 120 Å². The topological polar surface area (TPSA) is 28.2 Å². The van der Waals surface area contributed by atoms with Gasteiger partial charge in [-0.25, -0.2) is 0 Å². The summed E-state index contributed by atoms with van der Waals surface area (Å²) in [6.07, 6.45) is 4.52. The predicted octanol–water partition coefficient (Wildman–Crippen LogP) is 2.42. The quantitative estimate of drug-likeness (QED) is 0.905. The summed E-state index contributed by atoms with van der Waals surface area (Å²) < 4.78 is 0. The Hall–Kier alpha value is -1.45. The van der Waals surface area contributed by atoms with Gasteiger partial charge in [0, 0.05) is 30.7 Å². The third-order valence-electron chi connectivity index (χ3n) is 4.81. The van der Waals surface area contributed by atoms with Crippen molar-refractivity contribution in [2.75, 3.05) is 19.6 Å². The van der Waals surface area contributed by atoms with Gasteiger partial charge < -0.3 is 5.32 Å². The molecule has 0 amide bonds. The van der Waals surface area contributed by atoms with Crippen molar-refractivity contribution in [1.29, 1.82) is 0 Å². The van der Waals surface area contributed by atoms with Gasteiger partial charge in [-0.1, -0.05) is 12.1 Å². The van der Waals surface area contributed by atoms with Crippen LogP contribution in [-0.2, 0) is 6.54 Å². The summed E-state index contributed by atoms with van der Waals surface area (Å²) in [7, 11) is 0. The van der Waals surface area contributed by atoms with Crippen LogP contribution in [0.25, 0.3) is 10.9 Å². The zero-order valence-electron chi connectivity index (χ0n) is 11.8. The van der Waals surface area contributed by atoms with Crippen LogP contribution in [0.2, 0.25) is 0 Å². The van der Waals surface area contributed by atoms with Crippen molar-refractivity contribution in [2.45, 2.75) is 25.4 Å². The Morgan fingerprint density at radius 1 is 1.25 bits per heavy atom. The molecule has 3 nitrogen and oxygen atoms in total. The molecular formula is C17H21N3. The minimum atomic E-state index is 0.784. The molecule has 2 aromatic rings. The van der Waals surface area contributed by atoms with E-state index in [4.69, 9.17) is 0 Å². The highest BCUT2D eigenvalue weighted by atomic mass is 15.2. The number of likely N-dealkylation sites (tertiary alicyclic amines) is 1. The van der Waals surface area contributed by atoms with Crippen molar-refractivity contribution in [1.82, 2.24) is 15.2 Å². The summed E-state index contributed by atoms with van der Waals surface area (Å²) in [5.74, 6) is 0.867. The van der Waals surface area contributed by atoms with Gasteiger partial charge in [-0.3, -0.25) is 9.88 Å². The summed E-state index contributed by atoms with van der Waals surface area (Å²) in [6, 6.07) is 11.6. The van der Waals surface area contributed by atoms with E-state index in [1.165, 1.54) is 43.4 Å². The fourth-order valence-corrected chi connectivity index (χ4v) is 3.75. The largest absolute Gasteiger partial charge is 0.314 e. The van der Waals surface area contributed by atoms with Gasteiger partial charge in [0.1, 0.15) is 0 Å². The number of benzene rings is 1. The molecular weight excluding hydrogens is 246 g/mol. The summed E-state index contributed by atoms with van der Waals surface area (Å²) in [5, 5.41) is 4.88. The fraction of sp³-hybridized carbons (Fsp3) is 0.471. The van der Waals surface area contributed by atoms with Gasteiger partial charge in [0.05, 0.1) is 5.52 Å². The van der Waals surface area contributed by atoms with E-state index in [0.29, 0.717) is 0 Å². The number of rotatable bonds is 2. The highest BCUT2D eigenvalue weighted by Gasteiger charge is 2.32. The minimum absolute atomic E-state index is 0.784. The number of piperidine rings is 1. The second kappa shape index (κ2) is 5.15. The van der Waals surface area contributed by atoms with Crippen LogP contribution in [-0.4, -0.2) is 35.6 Å². The number of fused-ring (bicyclic) bond motifs is 2. The van der Waals surface area contributed by atoms with Crippen molar-refractivity contribution in [3.8, 4) is 0 Å². The zero-order chi connectivity index (χ0) is 13.4. The first-order valence-electron chi connectivity index (χ1n) is 7.68. The second-order valence-corrected chi connectivity index (χ2v) is 6.16. The fourth-order valence-electron chi connectivity index (χ4n) is 3.75. The molecule has 0 bridgehead atoms. The number of nitrogens with one attached hydrogen (secondary N) is 1. The molecule has 3 heterocycles. The monoisotopic (exact) mass is 267 g/mol. The number of aromatic nitrogens is 1. The summed E-state index contributed by atoms with van der Waals surface area (Å²) in [6.45, 7) is 4.76. The molecule has 1 N–H and O–H groups in total. The summed E-state index contributed by atoms with van der Waals surface area (Å²) >= 11 is 0. The van der Waals surface area contributed by atoms with Crippen molar-refractivity contribution >= 4 is 10.9 Å². The van der Waals surface area contributed by atoms with Gasteiger partial charge in [-0.05, 0) is 55.6 Å². The normalized spacial score (nSPS) is 26.8. The Balaban J connectivity index is 1.49. The average Bonchev–Trinajstić information content (AvgIpc) is 2.95. The molecule has 2 aliphatic heterocycles. The average molecular weight is 267 g/mol. The number of nitrogens with zero attached hydrogens (tertiary/aromatic N) is 2. The summed E-state index contributed by atoms with van der Waals surface area (Å²) in [4.78, 5) is 7.01. The van der Waals surface area contributed by atoms with Crippen molar-refractivity contribution < 1.29 is 0 Å². The highest BCUT2D eigenvalue weighted by molar-refractivity contribution is 5.78. The molecule has 2 fully saturated rings. The van der Waals surface area contributed by atoms with Crippen LogP contribution in [0.5, 0.6) is 0 Å². The summed E-state index contributed by atoms with van der Waals surface area (Å²) in [5.41, 5.74) is 2.50. The lowest BCUT2D eigenvalue weighted by molar-refractivity contribution is 0.156. The number of hydrogen-bond acceptors (Lipinski definition) is 3. The smallest absolute Gasteiger partial charge is 0.0702 e. The first-order valence-corrected chi connectivity index (χ1v) is 7.68. The second-order valence-electron chi connectivity index (χ2n) is 6.16. The molecule has 20 heavy (non-hydrogen) atoms. The molecule has 2 unspecified atom stereocenters. The Morgan fingerprint density at radius 2 is 2.25 bits per heavy atom. The Morgan fingerprint density at radius 3 is 3.25 bits per heavy atom. The van der Waals surface area contributed by atoms with Gasteiger partial charge >= 0.3 is 0 Å². The van der Waals surface area contributed by atoms with Crippen LogP contribution < -0.4 is 5.32 Å². The Kier molecular flexibility index (Phi) is 3.17. The highest BCUT2D eigenvalue weighted by Crippen LogP contribution is 2.26. The van der Waals surface area contributed by atoms with E-state index in [2.05, 4.69) is 39.5 Å². The van der Waals surface area contributed by atoms with E-state index in [0.717, 1.165) is 24.0 Å². The van der Waals surface area contributed by atoms with Crippen molar-refractivity contribution in [3.05, 3.63) is 42.1 Å². The standard InChI is InChI=1S/C17H21N3/c1-2-14-10-13(3-4-16(14)18-7-1)11-20-9-6-17-15(12-20)5-8-19-17/h1-4,7,10,15,17,19H,5-6,8-9,11-12H2. The molecule has 2 atom stereocenters. The molecule has 0 saturated carbocycles. The Bertz CT molecular complexity index is 610. The van der Waals surface area contributed by atoms with E-state index >= 15 is 0 Å². The van der Waals surface area contributed by atoms with Gasteiger partial charge in [-0.2, -0.15) is 0 Å². The maximum absolute atomic E-state index is 4.39. The van der Waals surface area contributed by atoms with E-state index in [-0.39, 0.29) is 0 Å². The van der Waals surface area contributed by atoms with E-state index < -0.39 is 0 Å². The molecule has 2 aliphatic rings.